The molecule has 8 nitrogen and oxygen atoms in total. The number of pyridine rings is 2. The number of benzene rings is 2. The highest BCUT2D eigenvalue weighted by molar-refractivity contribution is 5.87. The van der Waals surface area contributed by atoms with E-state index >= 15 is 0 Å². The zero-order chi connectivity index (χ0) is 32.7. The summed E-state index contributed by atoms with van der Waals surface area (Å²) in [5, 5.41) is 11.6. The van der Waals surface area contributed by atoms with Gasteiger partial charge in [-0.25, -0.2) is 9.78 Å². The van der Waals surface area contributed by atoms with Gasteiger partial charge >= 0.3 is 6.09 Å². The number of carbonyl (C=O) groups excluding carboxylic acids is 1. The van der Waals surface area contributed by atoms with E-state index in [2.05, 4.69) is 0 Å². The van der Waals surface area contributed by atoms with E-state index in [9.17, 15) is 10.0 Å². The maximum Gasteiger partial charge on any atom is 0.416 e. The summed E-state index contributed by atoms with van der Waals surface area (Å²) in [4.78, 5) is 19.5. The zero-order valence-corrected chi connectivity index (χ0v) is 27.5. The minimum Gasteiger partial charge on any atom is -0.619 e. The van der Waals surface area contributed by atoms with Gasteiger partial charge in [0, 0.05) is 29.8 Å². The van der Waals surface area contributed by atoms with Crippen LogP contribution in [0.2, 0.25) is 0 Å². The highest BCUT2D eigenvalue weighted by Crippen LogP contribution is 2.35. The van der Waals surface area contributed by atoms with Gasteiger partial charge in [-0.1, -0.05) is 70.2 Å². The Morgan fingerprint density at radius 3 is 2.00 bits per heavy atom. The Bertz CT molecular complexity index is 1400. The van der Waals surface area contributed by atoms with E-state index in [4.69, 9.17) is 19.2 Å². The van der Waals surface area contributed by atoms with Crippen LogP contribution in [0.3, 0.4) is 0 Å². The monoisotopic (exact) mass is 601 g/mol. The lowest BCUT2D eigenvalue weighted by atomic mass is 9.86. The first kappa shape index (κ1) is 35.6. The molecule has 2 heterocycles. The van der Waals surface area contributed by atoms with Crippen molar-refractivity contribution >= 4 is 11.9 Å². The van der Waals surface area contributed by atoms with Crippen LogP contribution in [0.5, 0.6) is 11.5 Å². The molecular formula is C36H47N3O5. The van der Waals surface area contributed by atoms with Gasteiger partial charge in [0.05, 0.1) is 14.2 Å². The number of anilines is 1. The van der Waals surface area contributed by atoms with Gasteiger partial charge in [0.2, 0.25) is 0 Å². The minimum atomic E-state index is -0.567. The van der Waals surface area contributed by atoms with Crippen molar-refractivity contribution in [2.75, 3.05) is 19.1 Å². The lowest BCUT2D eigenvalue weighted by Crippen LogP contribution is -2.46. The van der Waals surface area contributed by atoms with Gasteiger partial charge in [-0.15, -0.1) is 0 Å². The summed E-state index contributed by atoms with van der Waals surface area (Å²) in [6.45, 7) is 14.0. The number of aromatic nitrogens is 2. The van der Waals surface area contributed by atoms with Gasteiger partial charge in [0.1, 0.15) is 12.4 Å². The molecule has 0 N–H and O–H groups in total. The lowest BCUT2D eigenvalue weighted by molar-refractivity contribution is -0.605. The Morgan fingerprint density at radius 1 is 0.841 bits per heavy atom. The van der Waals surface area contributed by atoms with Crippen LogP contribution in [0.4, 0.5) is 10.6 Å². The molecule has 236 valence electrons. The van der Waals surface area contributed by atoms with E-state index in [1.165, 1.54) is 12.4 Å². The summed E-state index contributed by atoms with van der Waals surface area (Å²) in [5.74, 6) is 1.66. The largest absolute Gasteiger partial charge is 0.619 e. The van der Waals surface area contributed by atoms with E-state index in [-0.39, 0.29) is 12.5 Å². The molecular weight excluding hydrogens is 554 g/mol. The van der Waals surface area contributed by atoms with Crippen LogP contribution in [-0.4, -0.2) is 30.8 Å². The van der Waals surface area contributed by atoms with Crippen molar-refractivity contribution in [3.8, 4) is 11.5 Å². The van der Waals surface area contributed by atoms with Crippen LogP contribution < -0.4 is 19.1 Å². The van der Waals surface area contributed by atoms with Gasteiger partial charge in [-0.2, -0.15) is 4.73 Å². The molecule has 0 spiro atoms. The molecule has 4 rings (SSSR count). The van der Waals surface area contributed by atoms with Crippen LogP contribution in [0, 0.1) is 5.21 Å². The van der Waals surface area contributed by atoms with Crippen molar-refractivity contribution in [3.63, 3.8) is 0 Å². The first-order valence-corrected chi connectivity index (χ1v) is 15.1. The quantitative estimate of drug-likeness (QED) is 0.142. The van der Waals surface area contributed by atoms with Crippen molar-refractivity contribution in [1.82, 2.24) is 4.98 Å². The third kappa shape index (κ3) is 9.73. The molecule has 1 atom stereocenters. The number of carbonyl (C=O) groups is 1. The fraction of sp³-hybridized carbons (Fsp3) is 0.361. The van der Waals surface area contributed by atoms with Gasteiger partial charge in [0.25, 0.3) is 0 Å². The minimum absolute atomic E-state index is 0.100. The normalized spacial score (nSPS) is 11.1. The maximum absolute atomic E-state index is 13.2. The molecule has 0 aliphatic heterocycles. The van der Waals surface area contributed by atoms with Gasteiger partial charge in [-0.3, -0.25) is 4.90 Å². The fourth-order valence-electron chi connectivity index (χ4n) is 4.54. The predicted molar refractivity (Wildman–Crippen MR) is 176 cm³/mol. The number of hydrogen-bond acceptors (Lipinski definition) is 6. The molecule has 0 bridgehead atoms. The molecule has 0 radical (unpaired) electrons. The number of rotatable bonds is 9. The van der Waals surface area contributed by atoms with Gasteiger partial charge in [0.15, 0.2) is 23.9 Å². The highest BCUT2D eigenvalue weighted by atomic mass is 16.6. The third-order valence-corrected chi connectivity index (χ3v) is 6.58. The summed E-state index contributed by atoms with van der Waals surface area (Å²) in [7, 11) is 3.21. The zero-order valence-electron chi connectivity index (χ0n) is 27.5. The van der Waals surface area contributed by atoms with Crippen LogP contribution in [0.1, 0.15) is 76.6 Å². The Hall–Kier alpha value is -4.59. The maximum atomic E-state index is 13.2. The molecule has 0 aliphatic carbocycles. The van der Waals surface area contributed by atoms with Crippen LogP contribution in [0.15, 0.2) is 91.4 Å². The van der Waals surface area contributed by atoms with Crippen molar-refractivity contribution in [3.05, 3.63) is 119 Å². The molecule has 44 heavy (non-hydrogen) atoms. The first-order chi connectivity index (χ1) is 21.2. The van der Waals surface area contributed by atoms with E-state index in [0.29, 0.717) is 23.7 Å². The Labute approximate surface area is 262 Å². The summed E-state index contributed by atoms with van der Waals surface area (Å²) in [6.07, 6.45) is 4.92. The Morgan fingerprint density at radius 2 is 1.45 bits per heavy atom. The molecule has 0 aliphatic rings. The third-order valence-electron chi connectivity index (χ3n) is 6.58. The Balaban J connectivity index is 0.00000162. The smallest absolute Gasteiger partial charge is 0.416 e. The second-order valence-corrected chi connectivity index (χ2v) is 10.4. The summed E-state index contributed by atoms with van der Waals surface area (Å²) in [5.41, 5.74) is 3.29. The molecule has 8 heteroatoms. The van der Waals surface area contributed by atoms with Crippen LogP contribution in [-0.2, 0) is 17.8 Å². The molecule has 2 aromatic heterocycles. The second-order valence-electron chi connectivity index (χ2n) is 10.4. The van der Waals surface area contributed by atoms with Gasteiger partial charge < -0.3 is 19.4 Å². The average Bonchev–Trinajstić information content (AvgIpc) is 3.05. The number of ether oxygens (including phenoxy) is 3. The molecule has 2 aromatic carbocycles. The molecule has 0 saturated carbocycles. The number of methoxy groups -OCH3 is 2. The molecule has 0 saturated heterocycles. The molecule has 1 unspecified atom stereocenters. The van der Waals surface area contributed by atoms with E-state index in [1.807, 2.05) is 121 Å². The van der Waals surface area contributed by atoms with E-state index < -0.39 is 11.6 Å². The molecule has 4 aromatic rings. The number of amides is 1. The van der Waals surface area contributed by atoms with E-state index in [1.54, 1.807) is 25.3 Å². The van der Waals surface area contributed by atoms with Crippen molar-refractivity contribution < 1.29 is 23.7 Å². The highest BCUT2D eigenvalue weighted by Gasteiger charge is 2.31. The SMILES string of the molecule is CC.CC.COc1ccc(C(Cc2cc[n+]([O-])cc2)c2ccc(N(C(=O)OCc3ccccc3)C(C)(C)C)nc2)cc1OC. The number of hydrogen-bond donors (Lipinski definition) is 0. The van der Waals surface area contributed by atoms with E-state index in [0.717, 1.165) is 27.0 Å². The Kier molecular flexibility index (Phi) is 14.2. The summed E-state index contributed by atoms with van der Waals surface area (Å²) >= 11 is 0. The van der Waals surface area contributed by atoms with Crippen molar-refractivity contribution in [2.24, 2.45) is 0 Å². The average molecular weight is 602 g/mol. The molecule has 0 fully saturated rings. The fourth-order valence-corrected chi connectivity index (χ4v) is 4.54. The van der Waals surface area contributed by atoms with Gasteiger partial charge in [-0.05, 0) is 67.6 Å². The molecule has 1 amide bonds. The van der Waals surface area contributed by atoms with Crippen molar-refractivity contribution in [1.29, 1.82) is 0 Å². The first-order valence-electron chi connectivity index (χ1n) is 15.1. The predicted octanol–water partition coefficient (Wildman–Crippen LogP) is 8.10. The second kappa shape index (κ2) is 17.5. The lowest BCUT2D eigenvalue weighted by Gasteiger charge is -2.34. The summed E-state index contributed by atoms with van der Waals surface area (Å²) < 4.78 is 17.4. The van der Waals surface area contributed by atoms with Crippen LogP contribution >= 0.6 is 0 Å². The standard InChI is InChI=1S/C32H35N3O5.2C2H6/c1-32(2,3)35(31(36)40-22-24-9-7-6-8-10-24)30-14-12-26(21-33-30)27(19-23-15-17-34(37)18-16-23)25-11-13-28(38-4)29(20-25)39-5;2*1-2/h6-18,20-21,27H,19,22H2,1-5H3;2*1-2H3. The summed E-state index contributed by atoms with van der Waals surface area (Å²) in [6, 6.07) is 22.8. The van der Waals surface area contributed by atoms with Crippen LogP contribution in [0.25, 0.3) is 0 Å². The van der Waals surface area contributed by atoms with Crippen molar-refractivity contribution in [2.45, 2.75) is 73.0 Å². The number of nitrogens with zero attached hydrogens (tertiary/aromatic N) is 3. The topological polar surface area (TPSA) is 87.8 Å².